The third-order valence-corrected chi connectivity index (χ3v) is 1.42. The average Bonchev–Trinajstić information content (AvgIpc) is 1.89. The number of allylic oxidation sites excluding steroid dienone is 2. The first kappa shape index (κ1) is 9.44. The SMILES string of the molecule is C/C=C\[C@H](O)[C@@H](C)/C=C/C. The summed E-state index contributed by atoms with van der Waals surface area (Å²) in [4.78, 5) is 0. The van der Waals surface area contributed by atoms with Gasteiger partial charge in [-0.3, -0.25) is 0 Å². The topological polar surface area (TPSA) is 20.2 Å². The van der Waals surface area contributed by atoms with E-state index in [4.69, 9.17) is 0 Å². The zero-order valence-corrected chi connectivity index (χ0v) is 6.91. The van der Waals surface area contributed by atoms with Crippen LogP contribution in [0.4, 0.5) is 0 Å². The molecule has 0 aromatic heterocycles. The van der Waals surface area contributed by atoms with Gasteiger partial charge in [0, 0.05) is 5.92 Å². The Morgan fingerprint density at radius 3 is 2.00 bits per heavy atom. The maximum absolute atomic E-state index is 9.31. The number of hydrogen-bond donors (Lipinski definition) is 1. The van der Waals surface area contributed by atoms with Gasteiger partial charge in [-0.2, -0.15) is 0 Å². The van der Waals surface area contributed by atoms with Gasteiger partial charge in [0.1, 0.15) is 0 Å². The first-order valence-corrected chi connectivity index (χ1v) is 3.66. The van der Waals surface area contributed by atoms with Crippen LogP contribution in [0.15, 0.2) is 24.3 Å². The highest BCUT2D eigenvalue weighted by Crippen LogP contribution is 2.05. The third kappa shape index (κ3) is 3.46. The summed E-state index contributed by atoms with van der Waals surface area (Å²) in [7, 11) is 0. The van der Waals surface area contributed by atoms with Crippen LogP contribution in [-0.2, 0) is 0 Å². The second kappa shape index (κ2) is 5.24. The first-order chi connectivity index (χ1) is 4.72. The van der Waals surface area contributed by atoms with E-state index in [1.165, 1.54) is 0 Å². The van der Waals surface area contributed by atoms with Crippen LogP contribution >= 0.6 is 0 Å². The molecule has 0 spiro atoms. The van der Waals surface area contributed by atoms with Crippen LogP contribution in [0.3, 0.4) is 0 Å². The lowest BCUT2D eigenvalue weighted by molar-refractivity contribution is 0.185. The zero-order valence-electron chi connectivity index (χ0n) is 6.91. The molecule has 0 saturated carbocycles. The quantitative estimate of drug-likeness (QED) is 0.595. The molecule has 0 rings (SSSR count). The van der Waals surface area contributed by atoms with Crippen molar-refractivity contribution in [3.63, 3.8) is 0 Å². The Hall–Kier alpha value is -0.560. The Labute approximate surface area is 63.1 Å². The summed E-state index contributed by atoms with van der Waals surface area (Å²) in [6.07, 6.45) is 7.28. The van der Waals surface area contributed by atoms with Crippen molar-refractivity contribution in [1.29, 1.82) is 0 Å². The van der Waals surface area contributed by atoms with Gasteiger partial charge in [0.2, 0.25) is 0 Å². The predicted molar refractivity (Wildman–Crippen MR) is 44.8 cm³/mol. The molecule has 0 aliphatic heterocycles. The monoisotopic (exact) mass is 140 g/mol. The van der Waals surface area contributed by atoms with Crippen LogP contribution in [0.25, 0.3) is 0 Å². The molecule has 0 unspecified atom stereocenters. The van der Waals surface area contributed by atoms with Gasteiger partial charge in [-0.05, 0) is 13.8 Å². The van der Waals surface area contributed by atoms with Crippen molar-refractivity contribution in [3.05, 3.63) is 24.3 Å². The molecule has 0 heterocycles. The van der Waals surface area contributed by atoms with Gasteiger partial charge in [-0.15, -0.1) is 0 Å². The fourth-order valence-electron chi connectivity index (χ4n) is 0.790. The summed E-state index contributed by atoms with van der Waals surface area (Å²) < 4.78 is 0. The van der Waals surface area contributed by atoms with Crippen molar-refractivity contribution < 1.29 is 5.11 Å². The molecule has 1 heteroatoms. The molecule has 0 amide bonds. The van der Waals surface area contributed by atoms with Gasteiger partial charge in [-0.25, -0.2) is 0 Å². The van der Waals surface area contributed by atoms with E-state index in [2.05, 4.69) is 0 Å². The molecule has 0 aromatic carbocycles. The normalized spacial score (nSPS) is 18.4. The Morgan fingerprint density at radius 2 is 1.60 bits per heavy atom. The Morgan fingerprint density at radius 1 is 1.10 bits per heavy atom. The fourth-order valence-corrected chi connectivity index (χ4v) is 0.790. The van der Waals surface area contributed by atoms with Crippen molar-refractivity contribution in [2.75, 3.05) is 0 Å². The third-order valence-electron chi connectivity index (χ3n) is 1.42. The van der Waals surface area contributed by atoms with E-state index in [9.17, 15) is 5.11 Å². The largest absolute Gasteiger partial charge is 0.388 e. The first-order valence-electron chi connectivity index (χ1n) is 3.66. The minimum Gasteiger partial charge on any atom is -0.388 e. The lowest BCUT2D eigenvalue weighted by atomic mass is 10.0. The standard InChI is InChI=1S/C9H16O/c1-4-6-8(3)9(10)7-5-2/h4-10H,1-3H3/b6-4+,7-5-/t8-,9-/m0/s1. The van der Waals surface area contributed by atoms with Gasteiger partial charge in [-0.1, -0.05) is 31.2 Å². The van der Waals surface area contributed by atoms with Gasteiger partial charge >= 0.3 is 0 Å². The maximum atomic E-state index is 9.31. The molecule has 0 fully saturated rings. The maximum Gasteiger partial charge on any atom is 0.0780 e. The minimum atomic E-state index is -0.332. The Kier molecular flexibility index (Phi) is 4.95. The van der Waals surface area contributed by atoms with Crippen molar-refractivity contribution in [3.8, 4) is 0 Å². The second-order valence-corrected chi connectivity index (χ2v) is 2.40. The number of hydrogen-bond acceptors (Lipinski definition) is 1. The lowest BCUT2D eigenvalue weighted by Crippen LogP contribution is -2.11. The molecular weight excluding hydrogens is 124 g/mol. The molecule has 10 heavy (non-hydrogen) atoms. The van der Waals surface area contributed by atoms with Crippen LogP contribution in [-0.4, -0.2) is 11.2 Å². The molecule has 0 saturated heterocycles. The van der Waals surface area contributed by atoms with Crippen LogP contribution in [0, 0.1) is 5.92 Å². The van der Waals surface area contributed by atoms with E-state index >= 15 is 0 Å². The van der Waals surface area contributed by atoms with Gasteiger partial charge in [0.15, 0.2) is 0 Å². The van der Waals surface area contributed by atoms with Gasteiger partial charge in [0.05, 0.1) is 6.10 Å². The Balaban J connectivity index is 3.81. The summed E-state index contributed by atoms with van der Waals surface area (Å²) in [5.41, 5.74) is 0. The average molecular weight is 140 g/mol. The summed E-state index contributed by atoms with van der Waals surface area (Å²) in [6.45, 7) is 5.86. The van der Waals surface area contributed by atoms with Crippen LogP contribution < -0.4 is 0 Å². The van der Waals surface area contributed by atoms with Crippen molar-refractivity contribution in [2.45, 2.75) is 26.9 Å². The lowest BCUT2D eigenvalue weighted by Gasteiger charge is -2.09. The fraction of sp³-hybridized carbons (Fsp3) is 0.556. The number of aliphatic hydroxyl groups excluding tert-OH is 1. The minimum absolute atomic E-state index is 0.223. The highest BCUT2D eigenvalue weighted by molar-refractivity contribution is 4.96. The van der Waals surface area contributed by atoms with Gasteiger partial charge < -0.3 is 5.11 Å². The molecule has 2 atom stereocenters. The molecular formula is C9H16O. The zero-order chi connectivity index (χ0) is 7.98. The molecule has 58 valence electrons. The molecule has 1 nitrogen and oxygen atoms in total. The van der Waals surface area contributed by atoms with E-state index in [1.54, 1.807) is 6.08 Å². The van der Waals surface area contributed by atoms with Crippen LogP contribution in [0.2, 0.25) is 0 Å². The molecule has 0 aliphatic rings. The van der Waals surface area contributed by atoms with Crippen LogP contribution in [0.5, 0.6) is 0 Å². The smallest absolute Gasteiger partial charge is 0.0780 e. The highest BCUT2D eigenvalue weighted by atomic mass is 16.3. The van der Waals surface area contributed by atoms with E-state index < -0.39 is 0 Å². The summed E-state index contributed by atoms with van der Waals surface area (Å²) in [5, 5.41) is 9.31. The van der Waals surface area contributed by atoms with E-state index in [0.29, 0.717) is 0 Å². The molecule has 0 aromatic rings. The van der Waals surface area contributed by atoms with Crippen molar-refractivity contribution >= 4 is 0 Å². The molecule has 0 bridgehead atoms. The van der Waals surface area contributed by atoms with E-state index in [-0.39, 0.29) is 12.0 Å². The van der Waals surface area contributed by atoms with E-state index in [0.717, 1.165) is 0 Å². The Bertz CT molecular complexity index is 109. The second-order valence-electron chi connectivity index (χ2n) is 2.40. The van der Waals surface area contributed by atoms with Gasteiger partial charge in [0.25, 0.3) is 0 Å². The van der Waals surface area contributed by atoms with Crippen LogP contribution in [0.1, 0.15) is 20.8 Å². The number of rotatable bonds is 3. The van der Waals surface area contributed by atoms with Crippen molar-refractivity contribution in [1.82, 2.24) is 0 Å². The molecule has 0 aliphatic carbocycles. The highest BCUT2D eigenvalue weighted by Gasteiger charge is 2.04. The van der Waals surface area contributed by atoms with Crippen molar-refractivity contribution in [2.24, 2.45) is 5.92 Å². The number of aliphatic hydroxyl groups is 1. The molecule has 0 radical (unpaired) electrons. The summed E-state index contributed by atoms with van der Waals surface area (Å²) in [5.74, 6) is 0.223. The molecule has 1 N–H and O–H groups in total. The predicted octanol–water partition coefficient (Wildman–Crippen LogP) is 2.14. The van der Waals surface area contributed by atoms with E-state index in [1.807, 2.05) is 39.0 Å². The summed E-state index contributed by atoms with van der Waals surface area (Å²) in [6, 6.07) is 0. The summed E-state index contributed by atoms with van der Waals surface area (Å²) >= 11 is 0.